The molecule has 0 aliphatic carbocycles. The lowest BCUT2D eigenvalue weighted by Crippen LogP contribution is -2.41. The molecule has 0 aromatic rings. The minimum absolute atomic E-state index is 0.143. The Balaban J connectivity index is 5.50. The fourth-order valence-electron chi connectivity index (χ4n) is 3.86. The fraction of sp³-hybridized carbons (Fsp3) is 0.778. The van der Waals surface area contributed by atoms with E-state index < -0.39 is 22.0 Å². The van der Waals surface area contributed by atoms with Gasteiger partial charge in [-0.15, -0.1) is 0 Å². The number of nitrogens with zero attached hydrogens (tertiary/aromatic N) is 1. The van der Waals surface area contributed by atoms with Gasteiger partial charge in [0.15, 0.2) is 0 Å². The van der Waals surface area contributed by atoms with Crippen molar-refractivity contribution in [3.8, 4) is 0 Å². The molecule has 0 radical (unpaired) electrons. The van der Waals surface area contributed by atoms with E-state index >= 15 is 0 Å². The summed E-state index contributed by atoms with van der Waals surface area (Å²) in [4.78, 5) is 0. The molecular formula is C27H51NO4S. The average molecular weight is 486 g/mol. The van der Waals surface area contributed by atoms with Crippen molar-refractivity contribution in [1.29, 1.82) is 0 Å². The number of hydrogen-bond donors (Lipinski definition) is 1. The zero-order chi connectivity index (χ0) is 24.8. The van der Waals surface area contributed by atoms with Crippen LogP contribution in [0.3, 0.4) is 0 Å². The summed E-state index contributed by atoms with van der Waals surface area (Å²) in [5.41, 5.74) is 0. The van der Waals surface area contributed by atoms with Crippen molar-refractivity contribution in [2.45, 2.75) is 123 Å². The van der Waals surface area contributed by atoms with Gasteiger partial charge in [0.25, 0.3) is 0 Å². The normalized spacial score (nSPS) is 14.2. The number of rotatable bonds is 22. The quantitative estimate of drug-likeness (QED) is 0.100. The molecule has 0 saturated heterocycles. The van der Waals surface area contributed by atoms with Crippen molar-refractivity contribution in [1.82, 2.24) is 0 Å². The maximum atomic E-state index is 11.2. The van der Waals surface area contributed by atoms with E-state index in [0.29, 0.717) is 0 Å². The molecule has 5 nitrogen and oxygen atoms in total. The van der Waals surface area contributed by atoms with Crippen LogP contribution in [-0.2, 0) is 10.1 Å². The predicted molar refractivity (Wildman–Crippen MR) is 139 cm³/mol. The number of aliphatic hydroxyl groups is 1. The number of unbranched alkanes of at least 4 members (excludes halogenated alkanes) is 12. The smallest absolute Gasteiger partial charge is 0.119 e. The highest BCUT2D eigenvalue weighted by Crippen LogP contribution is 2.18. The predicted octanol–water partition coefficient (Wildman–Crippen LogP) is 7.16. The standard InChI is InChI=1S/C27H51NO4S/c1-4-7-10-13-16-19-22-28(23-20-17-14-11-8-5-2,24-21-18-15-12-9-6-3)25-27(29)26-33(30,31)32/h19-24,27,29H,4-18,25-26H2,1-3H3/b22-19+,23-20+,24-21+. The maximum Gasteiger partial charge on any atom is 0.119 e. The molecule has 0 bridgehead atoms. The second kappa shape index (κ2) is 20.4. The van der Waals surface area contributed by atoms with Gasteiger partial charge in [-0.2, -0.15) is 0 Å². The zero-order valence-electron chi connectivity index (χ0n) is 21.6. The summed E-state index contributed by atoms with van der Waals surface area (Å²) in [6, 6.07) is 0. The van der Waals surface area contributed by atoms with Gasteiger partial charge in [-0.05, 0) is 56.8 Å². The topological polar surface area (TPSA) is 77.4 Å². The second-order valence-corrected chi connectivity index (χ2v) is 10.7. The lowest BCUT2D eigenvalue weighted by atomic mass is 10.1. The van der Waals surface area contributed by atoms with Crippen LogP contribution < -0.4 is 0 Å². The third-order valence-corrected chi connectivity index (χ3v) is 6.54. The Hall–Kier alpha value is -0.950. The van der Waals surface area contributed by atoms with E-state index in [1.807, 2.05) is 0 Å². The molecule has 0 aliphatic rings. The number of aliphatic hydroxyl groups excluding tert-OH is 1. The zero-order valence-corrected chi connectivity index (χ0v) is 22.4. The minimum atomic E-state index is -4.48. The Labute approximate surface area is 205 Å². The SMILES string of the molecule is CCCCCC/C=C/[N+](/C=C/CCCCCC)(/C=C/CCCCCC)CC(O)CS(=O)(=O)[O-]. The summed E-state index contributed by atoms with van der Waals surface area (Å²) in [5.74, 6) is -0.758. The molecule has 6 heteroatoms. The van der Waals surface area contributed by atoms with Crippen molar-refractivity contribution in [3.63, 3.8) is 0 Å². The monoisotopic (exact) mass is 485 g/mol. The molecule has 1 atom stereocenters. The van der Waals surface area contributed by atoms with E-state index in [1.165, 1.54) is 57.8 Å². The third-order valence-electron chi connectivity index (χ3n) is 5.75. The van der Waals surface area contributed by atoms with Crippen LogP contribution in [0.5, 0.6) is 0 Å². The second-order valence-electron chi connectivity index (χ2n) is 9.26. The van der Waals surface area contributed by atoms with Gasteiger partial charge in [-0.25, -0.2) is 12.9 Å². The van der Waals surface area contributed by atoms with Crippen molar-refractivity contribution >= 4 is 10.1 Å². The Kier molecular flexibility index (Phi) is 19.8. The van der Waals surface area contributed by atoms with Crippen molar-refractivity contribution < 1.29 is 22.6 Å². The highest BCUT2D eigenvalue weighted by Gasteiger charge is 2.25. The van der Waals surface area contributed by atoms with E-state index in [1.54, 1.807) is 0 Å². The van der Waals surface area contributed by atoms with Gasteiger partial charge in [0.2, 0.25) is 0 Å². The number of hydrogen-bond acceptors (Lipinski definition) is 4. The van der Waals surface area contributed by atoms with E-state index in [2.05, 4.69) is 57.6 Å². The van der Waals surface area contributed by atoms with Gasteiger partial charge in [0.1, 0.15) is 31.2 Å². The molecule has 0 amide bonds. The van der Waals surface area contributed by atoms with Crippen LogP contribution in [0.4, 0.5) is 0 Å². The highest BCUT2D eigenvalue weighted by atomic mass is 32.2. The Bertz CT molecular complexity index is 585. The molecule has 0 heterocycles. The first-order valence-corrected chi connectivity index (χ1v) is 14.9. The summed E-state index contributed by atoms with van der Waals surface area (Å²) >= 11 is 0. The Morgan fingerprint density at radius 1 is 0.697 bits per heavy atom. The minimum Gasteiger partial charge on any atom is -0.748 e. The molecule has 0 rings (SSSR count). The summed E-state index contributed by atoms with van der Waals surface area (Å²) in [6.07, 6.45) is 28.4. The molecule has 0 saturated carbocycles. The molecule has 0 fully saturated rings. The first-order chi connectivity index (χ1) is 15.8. The highest BCUT2D eigenvalue weighted by molar-refractivity contribution is 7.85. The molecule has 1 unspecified atom stereocenters. The van der Waals surface area contributed by atoms with Crippen LogP contribution in [-0.4, -0.2) is 41.0 Å². The Morgan fingerprint density at radius 3 is 1.36 bits per heavy atom. The van der Waals surface area contributed by atoms with Gasteiger partial charge in [-0.3, -0.25) is 0 Å². The van der Waals surface area contributed by atoms with Crippen molar-refractivity contribution in [3.05, 3.63) is 36.8 Å². The number of allylic oxidation sites excluding steroid dienone is 3. The summed E-state index contributed by atoms with van der Waals surface area (Å²) in [7, 11) is -4.48. The summed E-state index contributed by atoms with van der Waals surface area (Å²) in [5, 5.41) is 10.4. The van der Waals surface area contributed by atoms with E-state index in [0.717, 1.165) is 38.5 Å². The van der Waals surface area contributed by atoms with Crippen LogP contribution in [0, 0.1) is 0 Å². The molecule has 1 N–H and O–H groups in total. The molecule has 194 valence electrons. The van der Waals surface area contributed by atoms with Crippen LogP contribution in [0.25, 0.3) is 0 Å². The summed E-state index contributed by atoms with van der Waals surface area (Å²) < 4.78 is 33.9. The summed E-state index contributed by atoms with van der Waals surface area (Å²) in [6.45, 7) is 6.73. The first kappa shape index (κ1) is 32.0. The largest absolute Gasteiger partial charge is 0.748 e. The van der Waals surface area contributed by atoms with E-state index in [4.69, 9.17) is 0 Å². The van der Waals surface area contributed by atoms with Crippen LogP contribution in [0.2, 0.25) is 0 Å². The van der Waals surface area contributed by atoms with Crippen LogP contribution in [0.1, 0.15) is 117 Å². The van der Waals surface area contributed by atoms with Crippen LogP contribution in [0.15, 0.2) is 36.8 Å². The molecule has 0 aliphatic heterocycles. The lowest BCUT2D eigenvalue weighted by Gasteiger charge is -2.29. The van der Waals surface area contributed by atoms with Crippen LogP contribution >= 0.6 is 0 Å². The lowest BCUT2D eigenvalue weighted by molar-refractivity contribution is -0.777. The maximum absolute atomic E-state index is 11.2. The molecule has 33 heavy (non-hydrogen) atoms. The Morgan fingerprint density at radius 2 is 1.06 bits per heavy atom. The van der Waals surface area contributed by atoms with E-state index in [-0.39, 0.29) is 11.0 Å². The van der Waals surface area contributed by atoms with Gasteiger partial charge in [-0.1, -0.05) is 78.6 Å². The molecule has 0 aromatic carbocycles. The molecule has 0 spiro atoms. The molecule has 0 aromatic heterocycles. The van der Waals surface area contributed by atoms with Gasteiger partial charge in [0, 0.05) is 0 Å². The fourth-order valence-corrected chi connectivity index (χ4v) is 4.44. The molecular weight excluding hydrogens is 434 g/mol. The van der Waals surface area contributed by atoms with Gasteiger partial charge >= 0.3 is 0 Å². The van der Waals surface area contributed by atoms with Gasteiger partial charge in [0.05, 0.1) is 15.9 Å². The number of quaternary nitrogens is 1. The van der Waals surface area contributed by atoms with Crippen molar-refractivity contribution in [2.24, 2.45) is 0 Å². The van der Waals surface area contributed by atoms with E-state index in [9.17, 15) is 18.1 Å². The average Bonchev–Trinajstić information content (AvgIpc) is 2.74. The van der Waals surface area contributed by atoms with Gasteiger partial charge < -0.3 is 9.66 Å². The van der Waals surface area contributed by atoms with Crippen molar-refractivity contribution in [2.75, 3.05) is 12.3 Å². The third kappa shape index (κ3) is 20.2. The first-order valence-electron chi connectivity index (χ1n) is 13.3.